The Hall–Kier alpha value is -0.900. The second kappa shape index (κ2) is 4.31. The molecule has 0 radical (unpaired) electrons. The van der Waals surface area contributed by atoms with E-state index in [2.05, 4.69) is 29.4 Å². The van der Waals surface area contributed by atoms with Crippen molar-refractivity contribution < 1.29 is 4.42 Å². The standard InChI is InChI=1S/C11H19N3O/c1-4-10-13-14-11(15-10)9-5-7(2)12-8(3)6-9/h7-9,12H,4-6H2,1-3H3. The molecule has 0 spiro atoms. The van der Waals surface area contributed by atoms with Crippen LogP contribution in [-0.4, -0.2) is 22.3 Å². The molecule has 2 atom stereocenters. The summed E-state index contributed by atoms with van der Waals surface area (Å²) >= 11 is 0. The first-order valence-electron chi connectivity index (χ1n) is 5.77. The Balaban J connectivity index is 2.09. The molecule has 1 N–H and O–H groups in total. The van der Waals surface area contributed by atoms with Gasteiger partial charge in [-0.3, -0.25) is 0 Å². The molecule has 1 saturated heterocycles. The van der Waals surface area contributed by atoms with Crippen LogP contribution in [0.2, 0.25) is 0 Å². The summed E-state index contributed by atoms with van der Waals surface area (Å²) in [6.45, 7) is 6.45. The number of piperidine rings is 1. The van der Waals surface area contributed by atoms with Crippen LogP contribution >= 0.6 is 0 Å². The Morgan fingerprint density at radius 2 is 1.93 bits per heavy atom. The van der Waals surface area contributed by atoms with E-state index in [1.165, 1.54) is 0 Å². The molecular formula is C11H19N3O. The van der Waals surface area contributed by atoms with E-state index in [4.69, 9.17) is 4.42 Å². The molecule has 1 aliphatic rings. The topological polar surface area (TPSA) is 51.0 Å². The molecule has 0 aromatic carbocycles. The van der Waals surface area contributed by atoms with Gasteiger partial charge in [0.25, 0.3) is 0 Å². The lowest BCUT2D eigenvalue weighted by Gasteiger charge is -2.30. The molecule has 0 saturated carbocycles. The summed E-state index contributed by atoms with van der Waals surface area (Å²) in [4.78, 5) is 0. The first kappa shape index (κ1) is 10.6. The second-order valence-electron chi connectivity index (χ2n) is 4.52. The van der Waals surface area contributed by atoms with Gasteiger partial charge in [0.15, 0.2) is 0 Å². The van der Waals surface area contributed by atoms with Gasteiger partial charge in [-0.05, 0) is 26.7 Å². The maximum atomic E-state index is 5.62. The van der Waals surface area contributed by atoms with Crippen LogP contribution in [0.4, 0.5) is 0 Å². The molecule has 2 heterocycles. The third-order valence-electron chi connectivity index (χ3n) is 2.98. The van der Waals surface area contributed by atoms with Crippen molar-refractivity contribution in [1.82, 2.24) is 15.5 Å². The Kier molecular flexibility index (Phi) is 3.05. The van der Waals surface area contributed by atoms with Crippen LogP contribution in [0.15, 0.2) is 4.42 Å². The zero-order valence-corrected chi connectivity index (χ0v) is 9.66. The molecule has 1 aliphatic heterocycles. The number of hydrogen-bond donors (Lipinski definition) is 1. The van der Waals surface area contributed by atoms with Gasteiger partial charge in [0, 0.05) is 24.4 Å². The van der Waals surface area contributed by atoms with Crippen molar-refractivity contribution in [1.29, 1.82) is 0 Å². The van der Waals surface area contributed by atoms with E-state index in [0.29, 0.717) is 18.0 Å². The minimum atomic E-state index is 0.434. The third kappa shape index (κ3) is 2.37. The molecular weight excluding hydrogens is 190 g/mol. The van der Waals surface area contributed by atoms with E-state index in [1.807, 2.05) is 6.92 Å². The first-order valence-corrected chi connectivity index (χ1v) is 5.77. The van der Waals surface area contributed by atoms with Crippen LogP contribution in [0, 0.1) is 0 Å². The normalized spacial score (nSPS) is 31.8. The fourth-order valence-corrected chi connectivity index (χ4v) is 2.35. The molecule has 2 rings (SSSR count). The molecule has 1 aromatic heterocycles. The molecule has 4 heteroatoms. The van der Waals surface area contributed by atoms with Gasteiger partial charge in [-0.1, -0.05) is 6.92 Å². The lowest BCUT2D eigenvalue weighted by atomic mass is 9.89. The van der Waals surface area contributed by atoms with Crippen molar-refractivity contribution >= 4 is 0 Å². The Morgan fingerprint density at radius 1 is 1.27 bits per heavy atom. The van der Waals surface area contributed by atoms with Gasteiger partial charge >= 0.3 is 0 Å². The lowest BCUT2D eigenvalue weighted by Crippen LogP contribution is -2.41. The number of aryl methyl sites for hydroxylation is 1. The minimum Gasteiger partial charge on any atom is -0.425 e. The van der Waals surface area contributed by atoms with Gasteiger partial charge < -0.3 is 9.73 Å². The number of rotatable bonds is 2. The number of nitrogens with one attached hydrogen (secondary N) is 1. The maximum Gasteiger partial charge on any atom is 0.219 e. The fourth-order valence-electron chi connectivity index (χ4n) is 2.35. The monoisotopic (exact) mass is 209 g/mol. The van der Waals surface area contributed by atoms with Crippen LogP contribution in [0.3, 0.4) is 0 Å². The van der Waals surface area contributed by atoms with Gasteiger partial charge in [0.05, 0.1) is 0 Å². The summed E-state index contributed by atoms with van der Waals surface area (Å²) in [5, 5.41) is 11.7. The molecule has 84 valence electrons. The molecule has 0 aliphatic carbocycles. The van der Waals surface area contributed by atoms with Crippen molar-refractivity contribution in [2.24, 2.45) is 0 Å². The zero-order chi connectivity index (χ0) is 10.8. The molecule has 0 bridgehead atoms. The highest BCUT2D eigenvalue weighted by molar-refractivity contribution is 4.97. The van der Waals surface area contributed by atoms with Crippen LogP contribution in [0.5, 0.6) is 0 Å². The Bertz CT molecular complexity index is 313. The number of nitrogens with zero attached hydrogens (tertiary/aromatic N) is 2. The predicted octanol–water partition coefficient (Wildman–Crippen LogP) is 1.88. The van der Waals surface area contributed by atoms with Crippen molar-refractivity contribution in [3.05, 3.63) is 11.8 Å². The average molecular weight is 209 g/mol. The van der Waals surface area contributed by atoms with Crippen molar-refractivity contribution in [2.75, 3.05) is 0 Å². The molecule has 2 unspecified atom stereocenters. The highest BCUT2D eigenvalue weighted by atomic mass is 16.4. The van der Waals surface area contributed by atoms with Crippen LogP contribution in [-0.2, 0) is 6.42 Å². The number of hydrogen-bond acceptors (Lipinski definition) is 4. The van der Waals surface area contributed by atoms with E-state index in [9.17, 15) is 0 Å². The van der Waals surface area contributed by atoms with Gasteiger partial charge in [0.2, 0.25) is 11.8 Å². The largest absolute Gasteiger partial charge is 0.425 e. The summed E-state index contributed by atoms with van der Waals surface area (Å²) in [6.07, 6.45) is 3.01. The predicted molar refractivity (Wildman–Crippen MR) is 57.7 cm³/mol. The highest BCUT2D eigenvalue weighted by Crippen LogP contribution is 2.29. The summed E-state index contributed by atoms with van der Waals surface area (Å²) in [5.41, 5.74) is 0. The van der Waals surface area contributed by atoms with Gasteiger partial charge in [-0.2, -0.15) is 0 Å². The molecule has 0 amide bonds. The third-order valence-corrected chi connectivity index (χ3v) is 2.98. The first-order chi connectivity index (χ1) is 7.19. The lowest BCUT2D eigenvalue weighted by molar-refractivity contribution is 0.279. The summed E-state index contributed by atoms with van der Waals surface area (Å²) in [7, 11) is 0. The number of aromatic nitrogens is 2. The molecule has 1 fully saturated rings. The zero-order valence-electron chi connectivity index (χ0n) is 9.66. The van der Waals surface area contributed by atoms with Gasteiger partial charge in [-0.15, -0.1) is 10.2 Å². The second-order valence-corrected chi connectivity index (χ2v) is 4.52. The van der Waals surface area contributed by atoms with Gasteiger partial charge in [-0.25, -0.2) is 0 Å². The summed E-state index contributed by atoms with van der Waals surface area (Å²) in [5.74, 6) is 2.01. The fraction of sp³-hybridized carbons (Fsp3) is 0.818. The SMILES string of the molecule is CCc1nnc(C2CC(C)NC(C)C2)o1. The van der Waals surface area contributed by atoms with E-state index >= 15 is 0 Å². The minimum absolute atomic E-state index is 0.434. The summed E-state index contributed by atoms with van der Waals surface area (Å²) in [6, 6.07) is 1.08. The highest BCUT2D eigenvalue weighted by Gasteiger charge is 2.28. The molecule has 15 heavy (non-hydrogen) atoms. The van der Waals surface area contributed by atoms with E-state index in [-0.39, 0.29) is 0 Å². The van der Waals surface area contributed by atoms with E-state index in [1.54, 1.807) is 0 Å². The van der Waals surface area contributed by atoms with Crippen molar-refractivity contribution in [2.45, 2.75) is 58.0 Å². The Morgan fingerprint density at radius 3 is 2.47 bits per heavy atom. The molecule has 4 nitrogen and oxygen atoms in total. The summed E-state index contributed by atoms with van der Waals surface area (Å²) < 4.78 is 5.62. The van der Waals surface area contributed by atoms with Crippen molar-refractivity contribution in [3.63, 3.8) is 0 Å². The van der Waals surface area contributed by atoms with Crippen LogP contribution in [0.1, 0.15) is 51.3 Å². The van der Waals surface area contributed by atoms with Crippen LogP contribution < -0.4 is 5.32 Å². The average Bonchev–Trinajstić information content (AvgIpc) is 2.64. The van der Waals surface area contributed by atoms with Crippen LogP contribution in [0.25, 0.3) is 0 Å². The van der Waals surface area contributed by atoms with E-state index < -0.39 is 0 Å². The smallest absolute Gasteiger partial charge is 0.219 e. The van der Waals surface area contributed by atoms with E-state index in [0.717, 1.165) is 31.0 Å². The quantitative estimate of drug-likeness (QED) is 0.808. The maximum absolute atomic E-state index is 5.62. The molecule has 1 aromatic rings. The Labute approximate surface area is 90.5 Å². The van der Waals surface area contributed by atoms with Crippen molar-refractivity contribution in [3.8, 4) is 0 Å². The van der Waals surface area contributed by atoms with Gasteiger partial charge in [0.1, 0.15) is 0 Å².